The topological polar surface area (TPSA) is 98.7 Å². The van der Waals surface area contributed by atoms with Crippen molar-refractivity contribution in [2.45, 2.75) is 13.5 Å². The van der Waals surface area contributed by atoms with Gasteiger partial charge in [0.2, 0.25) is 5.91 Å². The fourth-order valence-electron chi connectivity index (χ4n) is 2.95. The Morgan fingerprint density at radius 2 is 1.93 bits per heavy atom. The number of primary amides is 1. The first-order valence-electron chi connectivity index (χ1n) is 8.52. The van der Waals surface area contributed by atoms with E-state index in [0.29, 0.717) is 29.3 Å². The molecule has 0 saturated heterocycles. The molecular formula is C20H18N6O. The number of nitrogens with one attached hydrogen (secondary N) is 1. The molecule has 27 heavy (non-hydrogen) atoms. The van der Waals surface area contributed by atoms with Crippen LogP contribution < -0.4 is 11.1 Å². The maximum atomic E-state index is 11.6. The van der Waals surface area contributed by atoms with Crippen molar-refractivity contribution in [1.82, 2.24) is 19.7 Å². The summed E-state index contributed by atoms with van der Waals surface area (Å²) in [7, 11) is 0. The molecule has 7 heteroatoms. The predicted molar refractivity (Wildman–Crippen MR) is 104 cm³/mol. The van der Waals surface area contributed by atoms with E-state index in [0.717, 1.165) is 16.8 Å². The van der Waals surface area contributed by atoms with Gasteiger partial charge in [0.15, 0.2) is 0 Å². The maximum absolute atomic E-state index is 11.6. The Balaban J connectivity index is 1.70. The number of carbonyl (C=O) groups is 1. The summed E-state index contributed by atoms with van der Waals surface area (Å²) in [6.45, 7) is 2.56. The van der Waals surface area contributed by atoms with E-state index in [-0.39, 0.29) is 0 Å². The number of nitrogens with zero attached hydrogens (tertiary/aromatic N) is 4. The molecule has 0 radical (unpaired) electrons. The number of anilines is 1. The summed E-state index contributed by atoms with van der Waals surface area (Å²) in [4.78, 5) is 20.7. The van der Waals surface area contributed by atoms with E-state index in [2.05, 4.69) is 20.4 Å². The quantitative estimate of drug-likeness (QED) is 0.571. The van der Waals surface area contributed by atoms with E-state index in [4.69, 9.17) is 5.73 Å². The number of carbonyl (C=O) groups excluding carboxylic acids is 1. The number of aromatic nitrogens is 4. The second-order valence-electron chi connectivity index (χ2n) is 6.19. The number of aryl methyl sites for hydroxylation is 1. The molecule has 0 atom stereocenters. The van der Waals surface area contributed by atoms with Crippen LogP contribution in [0.2, 0.25) is 0 Å². The van der Waals surface area contributed by atoms with E-state index < -0.39 is 5.91 Å². The number of nitrogens with two attached hydrogens (primary N) is 1. The Kier molecular flexibility index (Phi) is 4.25. The molecule has 2 aromatic heterocycles. The van der Waals surface area contributed by atoms with Gasteiger partial charge >= 0.3 is 0 Å². The van der Waals surface area contributed by atoms with Crippen LogP contribution in [0.4, 0.5) is 5.82 Å². The summed E-state index contributed by atoms with van der Waals surface area (Å²) in [5.41, 5.74) is 8.57. The van der Waals surface area contributed by atoms with Crippen molar-refractivity contribution in [2.75, 3.05) is 5.32 Å². The maximum Gasteiger partial charge on any atom is 0.253 e. The van der Waals surface area contributed by atoms with Crippen LogP contribution >= 0.6 is 0 Å². The molecule has 2 heterocycles. The molecule has 0 aliphatic carbocycles. The van der Waals surface area contributed by atoms with Crippen molar-refractivity contribution < 1.29 is 4.79 Å². The van der Waals surface area contributed by atoms with E-state index in [9.17, 15) is 4.79 Å². The fraction of sp³-hybridized carbons (Fsp3) is 0.100. The van der Waals surface area contributed by atoms with Gasteiger partial charge in [-0.2, -0.15) is 14.8 Å². The molecule has 134 valence electrons. The Morgan fingerprint density at radius 1 is 1.11 bits per heavy atom. The molecule has 0 unspecified atom stereocenters. The largest absolute Gasteiger partial charge is 0.366 e. The minimum atomic E-state index is -0.490. The van der Waals surface area contributed by atoms with Gasteiger partial charge in [-0.15, -0.1) is 0 Å². The average molecular weight is 358 g/mol. The standard InChI is InChI=1S/C20H18N6O/c1-13-10-18(22-11-14-6-3-2-4-7-14)25-20(24-13)26-17-9-5-8-15(19(21)27)16(17)12-23-26/h2-10,12H,11H2,1H3,(H2,21,27)(H,22,24,25). The van der Waals surface area contributed by atoms with Gasteiger partial charge in [-0.05, 0) is 24.6 Å². The third-order valence-electron chi connectivity index (χ3n) is 4.23. The molecule has 7 nitrogen and oxygen atoms in total. The lowest BCUT2D eigenvalue weighted by Crippen LogP contribution is -2.11. The number of fused-ring (bicyclic) bond motifs is 1. The molecule has 1 amide bonds. The average Bonchev–Trinajstić information content (AvgIpc) is 3.11. The summed E-state index contributed by atoms with van der Waals surface area (Å²) in [6, 6.07) is 17.3. The van der Waals surface area contributed by atoms with E-state index in [1.165, 1.54) is 0 Å². The van der Waals surface area contributed by atoms with Crippen LogP contribution in [0.25, 0.3) is 16.9 Å². The number of hydrogen-bond acceptors (Lipinski definition) is 5. The minimum absolute atomic E-state index is 0.425. The number of hydrogen-bond donors (Lipinski definition) is 2. The molecule has 3 N–H and O–H groups in total. The number of rotatable bonds is 5. The molecule has 0 spiro atoms. The zero-order valence-electron chi connectivity index (χ0n) is 14.8. The van der Waals surface area contributed by atoms with Crippen molar-refractivity contribution in [1.29, 1.82) is 0 Å². The minimum Gasteiger partial charge on any atom is -0.366 e. The van der Waals surface area contributed by atoms with Crippen molar-refractivity contribution in [2.24, 2.45) is 5.73 Å². The summed E-state index contributed by atoms with van der Waals surface area (Å²) < 4.78 is 1.61. The zero-order chi connectivity index (χ0) is 18.8. The molecule has 0 aliphatic heterocycles. The zero-order valence-corrected chi connectivity index (χ0v) is 14.8. The first kappa shape index (κ1) is 16.7. The van der Waals surface area contributed by atoms with Crippen LogP contribution in [0.1, 0.15) is 21.6 Å². The molecule has 4 aromatic rings. The van der Waals surface area contributed by atoms with E-state index in [1.54, 1.807) is 23.0 Å². The van der Waals surface area contributed by atoms with Crippen molar-refractivity contribution in [3.8, 4) is 5.95 Å². The Bertz CT molecular complexity index is 1120. The first-order chi connectivity index (χ1) is 13.1. The Morgan fingerprint density at radius 3 is 2.70 bits per heavy atom. The lowest BCUT2D eigenvalue weighted by atomic mass is 10.1. The van der Waals surface area contributed by atoms with Crippen LogP contribution in [0, 0.1) is 6.92 Å². The summed E-state index contributed by atoms with van der Waals surface area (Å²) >= 11 is 0. The van der Waals surface area contributed by atoms with Gasteiger partial charge in [-0.1, -0.05) is 36.4 Å². The monoisotopic (exact) mass is 358 g/mol. The van der Waals surface area contributed by atoms with Gasteiger partial charge < -0.3 is 11.1 Å². The summed E-state index contributed by atoms with van der Waals surface area (Å²) in [6.07, 6.45) is 1.61. The second-order valence-corrected chi connectivity index (χ2v) is 6.19. The van der Waals surface area contributed by atoms with Crippen molar-refractivity contribution in [3.63, 3.8) is 0 Å². The smallest absolute Gasteiger partial charge is 0.253 e. The SMILES string of the molecule is Cc1cc(NCc2ccccc2)nc(-n2ncc3c(C(N)=O)cccc32)n1. The van der Waals surface area contributed by atoms with Gasteiger partial charge in [-0.25, -0.2) is 4.98 Å². The van der Waals surface area contributed by atoms with Crippen LogP contribution in [-0.2, 0) is 6.54 Å². The Labute approximate surface area is 155 Å². The molecule has 0 saturated carbocycles. The highest BCUT2D eigenvalue weighted by Crippen LogP contribution is 2.21. The van der Waals surface area contributed by atoms with Gasteiger partial charge in [0.1, 0.15) is 5.82 Å². The molecule has 2 aromatic carbocycles. The number of amides is 1. The molecule has 4 rings (SSSR count). The van der Waals surface area contributed by atoms with E-state index >= 15 is 0 Å². The van der Waals surface area contributed by atoms with Gasteiger partial charge in [0.25, 0.3) is 5.95 Å². The van der Waals surface area contributed by atoms with Crippen molar-refractivity contribution in [3.05, 3.63) is 77.6 Å². The number of benzene rings is 2. The van der Waals surface area contributed by atoms with Crippen molar-refractivity contribution >= 4 is 22.6 Å². The molecular weight excluding hydrogens is 340 g/mol. The molecule has 0 bridgehead atoms. The van der Waals surface area contributed by atoms with Gasteiger partial charge in [-0.3, -0.25) is 4.79 Å². The normalized spacial score (nSPS) is 10.9. The molecule has 0 fully saturated rings. The summed E-state index contributed by atoms with van der Waals surface area (Å²) in [5, 5.41) is 8.36. The van der Waals surface area contributed by atoms with Gasteiger partial charge in [0.05, 0.1) is 17.3 Å². The second kappa shape index (κ2) is 6.87. The highest BCUT2D eigenvalue weighted by atomic mass is 16.1. The first-order valence-corrected chi connectivity index (χ1v) is 8.52. The summed E-state index contributed by atoms with van der Waals surface area (Å²) in [5.74, 6) is 0.647. The third-order valence-corrected chi connectivity index (χ3v) is 4.23. The molecule has 0 aliphatic rings. The predicted octanol–water partition coefficient (Wildman–Crippen LogP) is 2.83. The van der Waals surface area contributed by atoms with Crippen LogP contribution in [0.15, 0.2) is 60.8 Å². The van der Waals surface area contributed by atoms with Crippen LogP contribution in [0.3, 0.4) is 0 Å². The van der Waals surface area contributed by atoms with E-state index in [1.807, 2.05) is 49.4 Å². The highest BCUT2D eigenvalue weighted by Gasteiger charge is 2.14. The Hall–Kier alpha value is -3.74. The van der Waals surface area contributed by atoms with Crippen LogP contribution in [-0.4, -0.2) is 25.7 Å². The third kappa shape index (κ3) is 3.35. The lowest BCUT2D eigenvalue weighted by molar-refractivity contribution is 0.100. The van der Waals surface area contributed by atoms with Gasteiger partial charge in [0, 0.05) is 23.7 Å². The van der Waals surface area contributed by atoms with Crippen LogP contribution in [0.5, 0.6) is 0 Å². The fourth-order valence-corrected chi connectivity index (χ4v) is 2.95. The lowest BCUT2D eigenvalue weighted by Gasteiger charge is -2.09. The highest BCUT2D eigenvalue weighted by molar-refractivity contribution is 6.05.